The van der Waals surface area contributed by atoms with E-state index in [1.807, 2.05) is 13.8 Å². The van der Waals surface area contributed by atoms with Gasteiger partial charge in [-0.3, -0.25) is 14.5 Å². The quantitative estimate of drug-likeness (QED) is 0.633. The monoisotopic (exact) mass is 199 g/mol. The Bertz CT molecular complexity index is 209. The van der Waals surface area contributed by atoms with Crippen LogP contribution in [-0.4, -0.2) is 36.0 Å². The molecule has 0 N–H and O–H groups in total. The number of imide groups is 1. The minimum absolute atomic E-state index is 0.0615. The predicted molar refractivity (Wildman–Crippen MR) is 51.7 cm³/mol. The van der Waals surface area contributed by atoms with Gasteiger partial charge >= 0.3 is 0 Å². The van der Waals surface area contributed by atoms with E-state index in [1.54, 1.807) is 0 Å². The summed E-state index contributed by atoms with van der Waals surface area (Å²) in [5, 5.41) is 0. The first-order valence-electron chi connectivity index (χ1n) is 5.06. The van der Waals surface area contributed by atoms with Gasteiger partial charge < -0.3 is 4.74 Å². The van der Waals surface area contributed by atoms with E-state index in [1.165, 1.54) is 4.90 Å². The zero-order valence-corrected chi connectivity index (χ0v) is 8.78. The summed E-state index contributed by atoms with van der Waals surface area (Å²) in [7, 11) is 0. The van der Waals surface area contributed by atoms with E-state index in [-0.39, 0.29) is 17.9 Å². The summed E-state index contributed by atoms with van der Waals surface area (Å²) in [5.74, 6) is -0.123. The Morgan fingerprint density at radius 3 is 2.36 bits per heavy atom. The SMILES string of the molecule is CC(C)OCCN1C(=O)CCCC1=O. The summed E-state index contributed by atoms with van der Waals surface area (Å²) in [6.45, 7) is 4.70. The normalized spacial score (nSPS) is 18.1. The van der Waals surface area contributed by atoms with Crippen LogP contribution in [0.15, 0.2) is 0 Å². The number of piperidine rings is 1. The minimum Gasteiger partial charge on any atom is -0.377 e. The molecule has 1 heterocycles. The van der Waals surface area contributed by atoms with Gasteiger partial charge in [-0.25, -0.2) is 0 Å². The second kappa shape index (κ2) is 5.10. The van der Waals surface area contributed by atoms with Crippen LogP contribution in [0.1, 0.15) is 33.1 Å². The van der Waals surface area contributed by atoms with E-state index in [0.29, 0.717) is 32.4 Å². The summed E-state index contributed by atoms with van der Waals surface area (Å²) >= 11 is 0. The molecule has 0 aliphatic carbocycles. The highest BCUT2D eigenvalue weighted by Gasteiger charge is 2.25. The first-order valence-corrected chi connectivity index (χ1v) is 5.06. The summed E-state index contributed by atoms with van der Waals surface area (Å²) < 4.78 is 5.30. The molecule has 0 aromatic heterocycles. The zero-order valence-electron chi connectivity index (χ0n) is 8.78. The standard InChI is InChI=1S/C10H17NO3/c1-8(2)14-7-6-11-9(12)4-3-5-10(11)13/h8H,3-7H2,1-2H3. The number of rotatable bonds is 4. The molecule has 80 valence electrons. The zero-order chi connectivity index (χ0) is 10.6. The first kappa shape index (κ1) is 11.2. The fraction of sp³-hybridized carbons (Fsp3) is 0.800. The average Bonchev–Trinajstić information content (AvgIpc) is 2.09. The average molecular weight is 199 g/mol. The Balaban J connectivity index is 2.33. The van der Waals surface area contributed by atoms with E-state index >= 15 is 0 Å². The third kappa shape index (κ3) is 3.10. The molecule has 1 rings (SSSR count). The lowest BCUT2D eigenvalue weighted by atomic mass is 10.1. The van der Waals surface area contributed by atoms with Gasteiger partial charge in [0.1, 0.15) is 0 Å². The molecule has 0 spiro atoms. The van der Waals surface area contributed by atoms with Crippen LogP contribution >= 0.6 is 0 Å². The predicted octanol–water partition coefficient (Wildman–Crippen LogP) is 0.951. The van der Waals surface area contributed by atoms with Crippen molar-refractivity contribution in [1.29, 1.82) is 0 Å². The molecule has 4 heteroatoms. The molecular formula is C10H17NO3. The van der Waals surface area contributed by atoms with Crippen molar-refractivity contribution in [2.75, 3.05) is 13.2 Å². The van der Waals surface area contributed by atoms with Gasteiger partial charge in [-0.2, -0.15) is 0 Å². The van der Waals surface area contributed by atoms with Crippen LogP contribution < -0.4 is 0 Å². The fourth-order valence-electron chi connectivity index (χ4n) is 1.43. The van der Waals surface area contributed by atoms with Crippen molar-refractivity contribution in [2.45, 2.75) is 39.2 Å². The highest BCUT2D eigenvalue weighted by atomic mass is 16.5. The maximum absolute atomic E-state index is 11.3. The van der Waals surface area contributed by atoms with Gasteiger partial charge in [-0.1, -0.05) is 0 Å². The molecule has 0 bridgehead atoms. The molecule has 1 aliphatic heterocycles. The maximum atomic E-state index is 11.3. The van der Waals surface area contributed by atoms with Gasteiger partial charge in [0.15, 0.2) is 0 Å². The molecule has 0 aromatic carbocycles. The Labute approximate surface area is 84.2 Å². The van der Waals surface area contributed by atoms with Crippen LogP contribution in [0.3, 0.4) is 0 Å². The number of ether oxygens (including phenoxy) is 1. The molecule has 0 saturated carbocycles. The number of amides is 2. The Kier molecular flexibility index (Phi) is 4.07. The lowest BCUT2D eigenvalue weighted by Crippen LogP contribution is -2.42. The summed E-state index contributed by atoms with van der Waals surface area (Å²) in [4.78, 5) is 24.0. The van der Waals surface area contributed by atoms with Crippen LogP contribution in [0.4, 0.5) is 0 Å². The number of hydrogen-bond donors (Lipinski definition) is 0. The Morgan fingerprint density at radius 2 is 1.86 bits per heavy atom. The van der Waals surface area contributed by atoms with E-state index < -0.39 is 0 Å². The van der Waals surface area contributed by atoms with Crippen molar-refractivity contribution in [1.82, 2.24) is 4.90 Å². The van der Waals surface area contributed by atoms with Gasteiger partial charge in [0.25, 0.3) is 0 Å². The number of hydrogen-bond acceptors (Lipinski definition) is 3. The molecule has 4 nitrogen and oxygen atoms in total. The third-order valence-electron chi connectivity index (χ3n) is 2.15. The number of nitrogens with zero attached hydrogens (tertiary/aromatic N) is 1. The Hall–Kier alpha value is -0.900. The molecular weight excluding hydrogens is 182 g/mol. The lowest BCUT2D eigenvalue weighted by Gasteiger charge is -2.24. The van der Waals surface area contributed by atoms with Crippen molar-refractivity contribution < 1.29 is 14.3 Å². The molecule has 0 unspecified atom stereocenters. The third-order valence-corrected chi connectivity index (χ3v) is 2.15. The van der Waals surface area contributed by atoms with Gasteiger partial charge in [-0.05, 0) is 20.3 Å². The van der Waals surface area contributed by atoms with Gasteiger partial charge in [0, 0.05) is 12.8 Å². The maximum Gasteiger partial charge on any atom is 0.229 e. The van der Waals surface area contributed by atoms with E-state index in [0.717, 1.165) is 0 Å². The summed E-state index contributed by atoms with van der Waals surface area (Å²) in [5.41, 5.74) is 0. The smallest absolute Gasteiger partial charge is 0.229 e. The Morgan fingerprint density at radius 1 is 1.29 bits per heavy atom. The first-order chi connectivity index (χ1) is 6.61. The minimum atomic E-state index is -0.0615. The van der Waals surface area contributed by atoms with Gasteiger partial charge in [-0.15, -0.1) is 0 Å². The molecule has 1 saturated heterocycles. The second-order valence-electron chi connectivity index (χ2n) is 3.71. The van der Waals surface area contributed by atoms with Crippen molar-refractivity contribution in [3.8, 4) is 0 Å². The largest absolute Gasteiger partial charge is 0.377 e. The molecule has 1 fully saturated rings. The molecule has 14 heavy (non-hydrogen) atoms. The molecule has 1 aliphatic rings. The number of carbonyl (C=O) groups is 2. The fourth-order valence-corrected chi connectivity index (χ4v) is 1.43. The van der Waals surface area contributed by atoms with E-state index in [4.69, 9.17) is 4.74 Å². The molecule has 0 atom stereocenters. The van der Waals surface area contributed by atoms with E-state index in [9.17, 15) is 9.59 Å². The van der Waals surface area contributed by atoms with E-state index in [2.05, 4.69) is 0 Å². The summed E-state index contributed by atoms with van der Waals surface area (Å²) in [6.07, 6.45) is 1.82. The van der Waals surface area contributed by atoms with Crippen molar-refractivity contribution in [3.63, 3.8) is 0 Å². The van der Waals surface area contributed by atoms with Crippen LogP contribution in [0.5, 0.6) is 0 Å². The lowest BCUT2D eigenvalue weighted by molar-refractivity contribution is -0.149. The molecule has 0 aromatic rings. The van der Waals surface area contributed by atoms with Crippen molar-refractivity contribution >= 4 is 11.8 Å². The highest BCUT2D eigenvalue weighted by molar-refractivity contribution is 5.97. The number of likely N-dealkylation sites (tertiary alicyclic amines) is 1. The highest BCUT2D eigenvalue weighted by Crippen LogP contribution is 2.11. The van der Waals surface area contributed by atoms with Crippen LogP contribution in [-0.2, 0) is 14.3 Å². The summed E-state index contributed by atoms with van der Waals surface area (Å²) in [6, 6.07) is 0. The van der Waals surface area contributed by atoms with Gasteiger partial charge in [0.05, 0.1) is 19.3 Å². The number of carbonyl (C=O) groups excluding carboxylic acids is 2. The second-order valence-corrected chi connectivity index (χ2v) is 3.71. The molecule has 0 radical (unpaired) electrons. The van der Waals surface area contributed by atoms with Gasteiger partial charge in [0.2, 0.25) is 11.8 Å². The van der Waals surface area contributed by atoms with Crippen LogP contribution in [0.25, 0.3) is 0 Å². The topological polar surface area (TPSA) is 46.6 Å². The van der Waals surface area contributed by atoms with Crippen molar-refractivity contribution in [3.05, 3.63) is 0 Å². The molecule has 2 amide bonds. The van der Waals surface area contributed by atoms with Crippen LogP contribution in [0.2, 0.25) is 0 Å². The van der Waals surface area contributed by atoms with Crippen LogP contribution in [0, 0.1) is 0 Å². The van der Waals surface area contributed by atoms with Crippen molar-refractivity contribution in [2.24, 2.45) is 0 Å².